The number of benzene rings is 1. The minimum atomic E-state index is -0.194. The Balaban J connectivity index is 3.21. The molecule has 0 fully saturated rings. The zero-order valence-electron chi connectivity index (χ0n) is 7.97. The molecule has 0 spiro atoms. The highest BCUT2D eigenvalue weighted by atomic mass is 19.1. The summed E-state index contributed by atoms with van der Waals surface area (Å²) in [6.07, 6.45) is 1.55. The van der Waals surface area contributed by atoms with Gasteiger partial charge in [0.1, 0.15) is 5.83 Å². The van der Waals surface area contributed by atoms with Crippen molar-refractivity contribution in [2.45, 2.75) is 13.8 Å². The highest BCUT2D eigenvalue weighted by molar-refractivity contribution is 5.75. The van der Waals surface area contributed by atoms with Crippen LogP contribution in [0.4, 0.5) is 4.39 Å². The summed E-state index contributed by atoms with van der Waals surface area (Å²) in [4.78, 5) is 0. The first-order valence-corrected chi connectivity index (χ1v) is 4.21. The maximum Gasteiger partial charge on any atom is 0.105 e. The van der Waals surface area contributed by atoms with Gasteiger partial charge in [0.05, 0.1) is 0 Å². The quantitative estimate of drug-likeness (QED) is 0.600. The van der Waals surface area contributed by atoms with Gasteiger partial charge in [0.15, 0.2) is 0 Å². The average molecular weight is 176 g/mol. The lowest BCUT2D eigenvalue weighted by atomic mass is 10.0. The van der Waals surface area contributed by atoms with E-state index in [1.54, 1.807) is 6.08 Å². The van der Waals surface area contributed by atoms with Crippen molar-refractivity contribution in [1.82, 2.24) is 0 Å². The second-order valence-corrected chi connectivity index (χ2v) is 3.02. The molecule has 0 saturated carbocycles. The molecule has 0 aliphatic rings. The number of hydrogen-bond donors (Lipinski definition) is 0. The Hall–Kier alpha value is -1.37. The first kappa shape index (κ1) is 9.72. The molecular formula is C12H13F. The molecule has 0 N–H and O–H groups in total. The predicted octanol–water partition coefficient (Wildman–Crippen LogP) is 3.88. The Morgan fingerprint density at radius 3 is 2.62 bits per heavy atom. The fourth-order valence-electron chi connectivity index (χ4n) is 1.27. The van der Waals surface area contributed by atoms with Crippen LogP contribution in [0, 0.1) is 6.92 Å². The minimum absolute atomic E-state index is 0.194. The van der Waals surface area contributed by atoms with Crippen molar-refractivity contribution in [2.24, 2.45) is 0 Å². The molecule has 0 heterocycles. The molecular weight excluding hydrogens is 163 g/mol. The van der Waals surface area contributed by atoms with E-state index in [9.17, 15) is 4.39 Å². The topological polar surface area (TPSA) is 0 Å². The van der Waals surface area contributed by atoms with E-state index in [1.165, 1.54) is 6.92 Å². The summed E-state index contributed by atoms with van der Waals surface area (Å²) in [5, 5.41) is 0. The summed E-state index contributed by atoms with van der Waals surface area (Å²) >= 11 is 0. The second-order valence-electron chi connectivity index (χ2n) is 3.02. The third kappa shape index (κ3) is 2.28. The van der Waals surface area contributed by atoms with E-state index in [0.717, 1.165) is 11.1 Å². The lowest BCUT2D eigenvalue weighted by Gasteiger charge is -2.03. The Labute approximate surface area is 78.4 Å². The van der Waals surface area contributed by atoms with Gasteiger partial charge in [-0.1, -0.05) is 42.5 Å². The van der Waals surface area contributed by atoms with Crippen molar-refractivity contribution in [3.05, 3.63) is 53.9 Å². The summed E-state index contributed by atoms with van der Waals surface area (Å²) in [5.41, 5.74) is 2.58. The van der Waals surface area contributed by atoms with Gasteiger partial charge >= 0.3 is 0 Å². The van der Waals surface area contributed by atoms with Gasteiger partial charge in [-0.05, 0) is 19.4 Å². The number of hydrogen-bond acceptors (Lipinski definition) is 0. The molecule has 1 heteroatoms. The molecule has 0 unspecified atom stereocenters. The molecule has 13 heavy (non-hydrogen) atoms. The Kier molecular flexibility index (Phi) is 3.02. The van der Waals surface area contributed by atoms with Crippen LogP contribution >= 0.6 is 0 Å². The molecule has 1 rings (SSSR count). The Morgan fingerprint density at radius 2 is 2.15 bits per heavy atom. The SMILES string of the molecule is C=C/C(=C(\C)F)c1cccc(C)c1. The molecule has 0 saturated heterocycles. The van der Waals surface area contributed by atoms with Crippen LogP contribution in [0.5, 0.6) is 0 Å². The Bertz CT molecular complexity index is 344. The van der Waals surface area contributed by atoms with Crippen LogP contribution < -0.4 is 0 Å². The van der Waals surface area contributed by atoms with Crippen molar-refractivity contribution in [1.29, 1.82) is 0 Å². The maximum absolute atomic E-state index is 13.0. The van der Waals surface area contributed by atoms with E-state index in [2.05, 4.69) is 6.58 Å². The monoisotopic (exact) mass is 176 g/mol. The molecule has 0 aliphatic heterocycles. The lowest BCUT2D eigenvalue weighted by Crippen LogP contribution is -1.83. The largest absolute Gasteiger partial charge is 0.211 e. The van der Waals surface area contributed by atoms with Crippen LogP contribution in [0.3, 0.4) is 0 Å². The third-order valence-electron chi connectivity index (χ3n) is 1.90. The van der Waals surface area contributed by atoms with E-state index in [1.807, 2.05) is 31.2 Å². The average Bonchev–Trinajstić information content (AvgIpc) is 2.04. The van der Waals surface area contributed by atoms with Crippen molar-refractivity contribution in [3.8, 4) is 0 Å². The molecule has 0 bridgehead atoms. The van der Waals surface area contributed by atoms with Gasteiger partial charge < -0.3 is 0 Å². The van der Waals surface area contributed by atoms with Crippen LogP contribution in [0.25, 0.3) is 5.57 Å². The van der Waals surface area contributed by atoms with E-state index >= 15 is 0 Å². The van der Waals surface area contributed by atoms with Crippen LogP contribution in [-0.2, 0) is 0 Å². The molecule has 0 nitrogen and oxygen atoms in total. The van der Waals surface area contributed by atoms with Crippen molar-refractivity contribution in [2.75, 3.05) is 0 Å². The van der Waals surface area contributed by atoms with Gasteiger partial charge in [-0.2, -0.15) is 0 Å². The lowest BCUT2D eigenvalue weighted by molar-refractivity contribution is 0.645. The van der Waals surface area contributed by atoms with E-state index in [4.69, 9.17) is 0 Å². The van der Waals surface area contributed by atoms with Crippen molar-refractivity contribution >= 4 is 5.57 Å². The third-order valence-corrected chi connectivity index (χ3v) is 1.90. The van der Waals surface area contributed by atoms with Gasteiger partial charge in [0, 0.05) is 5.57 Å². The summed E-state index contributed by atoms with van der Waals surface area (Å²) in [7, 11) is 0. The fraction of sp³-hybridized carbons (Fsp3) is 0.167. The fourth-order valence-corrected chi connectivity index (χ4v) is 1.27. The molecule has 1 aromatic rings. The van der Waals surface area contributed by atoms with Crippen molar-refractivity contribution < 1.29 is 4.39 Å². The number of aryl methyl sites for hydroxylation is 1. The molecule has 0 aromatic heterocycles. The highest BCUT2D eigenvalue weighted by Crippen LogP contribution is 2.21. The molecule has 0 aliphatic carbocycles. The van der Waals surface area contributed by atoms with E-state index in [0.29, 0.717) is 5.57 Å². The van der Waals surface area contributed by atoms with Gasteiger partial charge in [0.25, 0.3) is 0 Å². The maximum atomic E-state index is 13.0. The summed E-state index contributed by atoms with van der Waals surface area (Å²) in [6.45, 7) is 7.02. The van der Waals surface area contributed by atoms with Crippen LogP contribution in [0.15, 0.2) is 42.7 Å². The van der Waals surface area contributed by atoms with Crippen LogP contribution in [0.1, 0.15) is 18.1 Å². The van der Waals surface area contributed by atoms with Crippen LogP contribution in [-0.4, -0.2) is 0 Å². The predicted molar refractivity (Wildman–Crippen MR) is 55.1 cm³/mol. The van der Waals surface area contributed by atoms with Gasteiger partial charge in [0.2, 0.25) is 0 Å². The second kappa shape index (κ2) is 4.04. The summed E-state index contributed by atoms with van der Waals surface area (Å²) < 4.78 is 13.0. The smallest absolute Gasteiger partial charge is 0.105 e. The van der Waals surface area contributed by atoms with Gasteiger partial charge in [-0.25, -0.2) is 4.39 Å². The minimum Gasteiger partial charge on any atom is -0.211 e. The molecule has 0 radical (unpaired) electrons. The summed E-state index contributed by atoms with van der Waals surface area (Å²) in [5.74, 6) is -0.194. The first-order chi connectivity index (χ1) is 6.15. The molecule has 0 atom stereocenters. The number of halogens is 1. The summed E-state index contributed by atoms with van der Waals surface area (Å²) in [6, 6.07) is 7.72. The van der Waals surface area contributed by atoms with E-state index < -0.39 is 0 Å². The first-order valence-electron chi connectivity index (χ1n) is 4.21. The normalized spacial score (nSPS) is 12.2. The Morgan fingerprint density at radius 1 is 1.46 bits per heavy atom. The zero-order chi connectivity index (χ0) is 9.84. The molecule has 68 valence electrons. The van der Waals surface area contributed by atoms with Gasteiger partial charge in [-0.3, -0.25) is 0 Å². The van der Waals surface area contributed by atoms with Gasteiger partial charge in [-0.15, -0.1) is 0 Å². The number of allylic oxidation sites excluding steroid dienone is 3. The van der Waals surface area contributed by atoms with Crippen molar-refractivity contribution in [3.63, 3.8) is 0 Å². The highest BCUT2D eigenvalue weighted by Gasteiger charge is 2.01. The zero-order valence-corrected chi connectivity index (χ0v) is 7.97. The number of rotatable bonds is 2. The van der Waals surface area contributed by atoms with Crippen LogP contribution in [0.2, 0.25) is 0 Å². The molecule has 1 aromatic carbocycles. The molecule has 0 amide bonds. The standard InChI is InChI=1S/C12H13F/c1-4-12(10(3)13)11-7-5-6-9(2)8-11/h4-8H,1H2,2-3H3/b12-10-. The van der Waals surface area contributed by atoms with E-state index in [-0.39, 0.29) is 5.83 Å².